The van der Waals surface area contributed by atoms with E-state index in [0.29, 0.717) is 22.1 Å². The van der Waals surface area contributed by atoms with Crippen molar-refractivity contribution in [1.82, 2.24) is 10.2 Å². The maximum Gasteiger partial charge on any atom is 0.258 e. The highest BCUT2D eigenvalue weighted by Gasteiger charge is 2.14. The molecule has 1 aromatic carbocycles. The Morgan fingerprint density at radius 2 is 2.17 bits per heavy atom. The van der Waals surface area contributed by atoms with Crippen LogP contribution in [0.4, 0.5) is 11.5 Å². The van der Waals surface area contributed by atoms with Gasteiger partial charge in [-0.25, -0.2) is 0 Å². The summed E-state index contributed by atoms with van der Waals surface area (Å²) in [4.78, 5) is 12.0. The van der Waals surface area contributed by atoms with Gasteiger partial charge in [0, 0.05) is 16.9 Å². The predicted molar refractivity (Wildman–Crippen MR) is 71.9 cm³/mol. The van der Waals surface area contributed by atoms with Crippen LogP contribution in [-0.2, 0) is 0 Å². The van der Waals surface area contributed by atoms with Crippen molar-refractivity contribution in [2.45, 2.75) is 13.8 Å². The molecule has 0 bridgehead atoms. The van der Waals surface area contributed by atoms with E-state index in [1.54, 1.807) is 18.2 Å². The number of carbonyl (C=O) groups excluding carboxylic acids is 1. The van der Waals surface area contributed by atoms with E-state index in [9.17, 15) is 4.79 Å². The summed E-state index contributed by atoms with van der Waals surface area (Å²) in [7, 11) is 0. The molecular weight excluding hydrogens is 252 g/mol. The number of aromatic amines is 1. The van der Waals surface area contributed by atoms with Gasteiger partial charge in [0.15, 0.2) is 5.82 Å². The number of amides is 1. The number of nitrogen functional groups attached to an aromatic ring is 1. The van der Waals surface area contributed by atoms with Gasteiger partial charge in [-0.3, -0.25) is 9.89 Å². The van der Waals surface area contributed by atoms with E-state index in [4.69, 9.17) is 17.3 Å². The lowest BCUT2D eigenvalue weighted by Crippen LogP contribution is -2.13. The molecule has 0 fully saturated rings. The molecule has 0 radical (unpaired) electrons. The van der Waals surface area contributed by atoms with E-state index in [-0.39, 0.29) is 5.91 Å². The van der Waals surface area contributed by atoms with Crippen molar-refractivity contribution in [1.29, 1.82) is 0 Å². The van der Waals surface area contributed by atoms with Gasteiger partial charge in [-0.2, -0.15) is 5.10 Å². The summed E-state index contributed by atoms with van der Waals surface area (Å²) < 4.78 is 0. The number of nitrogens with one attached hydrogen (secondary N) is 2. The molecule has 0 aliphatic rings. The fourth-order valence-electron chi connectivity index (χ4n) is 1.50. The molecule has 5 nitrogen and oxygen atoms in total. The molecule has 6 heteroatoms. The first-order valence-corrected chi connectivity index (χ1v) is 5.74. The van der Waals surface area contributed by atoms with Crippen LogP contribution in [0, 0.1) is 13.8 Å². The number of rotatable bonds is 2. The summed E-state index contributed by atoms with van der Waals surface area (Å²) in [6.07, 6.45) is 0. The number of nitrogens with zero attached hydrogens (tertiary/aromatic N) is 1. The van der Waals surface area contributed by atoms with Gasteiger partial charge in [0.25, 0.3) is 5.91 Å². The minimum absolute atomic E-state index is 0.311. The number of nitrogens with two attached hydrogens (primary N) is 1. The Morgan fingerprint density at radius 3 is 2.72 bits per heavy atom. The summed E-state index contributed by atoms with van der Waals surface area (Å²) >= 11 is 5.97. The summed E-state index contributed by atoms with van der Waals surface area (Å²) in [5.41, 5.74) is 8.27. The largest absolute Gasteiger partial charge is 0.399 e. The zero-order valence-corrected chi connectivity index (χ0v) is 10.8. The monoisotopic (exact) mass is 264 g/mol. The van der Waals surface area contributed by atoms with Crippen molar-refractivity contribution >= 4 is 29.0 Å². The topological polar surface area (TPSA) is 83.8 Å². The molecule has 1 aromatic heterocycles. The average molecular weight is 265 g/mol. The van der Waals surface area contributed by atoms with Crippen LogP contribution in [0.1, 0.15) is 21.6 Å². The lowest BCUT2D eigenvalue weighted by atomic mass is 10.2. The molecule has 0 atom stereocenters. The fourth-order valence-corrected chi connectivity index (χ4v) is 1.77. The molecule has 0 aliphatic carbocycles. The van der Waals surface area contributed by atoms with Crippen molar-refractivity contribution in [3.8, 4) is 0 Å². The highest BCUT2D eigenvalue weighted by atomic mass is 35.5. The molecule has 0 unspecified atom stereocenters. The number of hydrogen-bond acceptors (Lipinski definition) is 3. The van der Waals surface area contributed by atoms with E-state index < -0.39 is 0 Å². The van der Waals surface area contributed by atoms with Crippen LogP contribution in [-0.4, -0.2) is 16.1 Å². The SMILES string of the molecule is Cc1[nH]nc(NC(=O)c2ccc(N)cc2Cl)c1C. The molecule has 94 valence electrons. The van der Waals surface area contributed by atoms with Crippen LogP contribution in [0.25, 0.3) is 0 Å². The van der Waals surface area contributed by atoms with E-state index in [1.807, 2.05) is 13.8 Å². The second-order valence-electron chi connectivity index (χ2n) is 4.02. The van der Waals surface area contributed by atoms with Gasteiger partial charge < -0.3 is 11.1 Å². The van der Waals surface area contributed by atoms with Crippen molar-refractivity contribution in [2.24, 2.45) is 0 Å². The zero-order chi connectivity index (χ0) is 13.3. The zero-order valence-electron chi connectivity index (χ0n) is 10.0. The van der Waals surface area contributed by atoms with Gasteiger partial charge in [-0.1, -0.05) is 11.6 Å². The number of halogens is 1. The smallest absolute Gasteiger partial charge is 0.258 e. The van der Waals surface area contributed by atoms with Gasteiger partial charge in [-0.15, -0.1) is 0 Å². The Morgan fingerprint density at radius 1 is 1.44 bits per heavy atom. The minimum atomic E-state index is -0.311. The Balaban J connectivity index is 2.25. The van der Waals surface area contributed by atoms with Crippen molar-refractivity contribution < 1.29 is 4.79 Å². The Labute approximate surface area is 109 Å². The molecule has 2 aromatic rings. The molecule has 2 rings (SSSR count). The molecule has 4 N–H and O–H groups in total. The van der Waals surface area contributed by atoms with Crippen LogP contribution in [0.15, 0.2) is 18.2 Å². The van der Waals surface area contributed by atoms with Crippen LogP contribution >= 0.6 is 11.6 Å². The number of anilines is 2. The molecule has 0 saturated heterocycles. The van der Waals surface area contributed by atoms with Crippen molar-refractivity contribution in [2.75, 3.05) is 11.1 Å². The van der Waals surface area contributed by atoms with E-state index in [2.05, 4.69) is 15.5 Å². The molecular formula is C12H13ClN4O. The minimum Gasteiger partial charge on any atom is -0.399 e. The third-order valence-corrected chi connectivity index (χ3v) is 3.04. The standard InChI is InChI=1S/C12H13ClN4O/c1-6-7(2)16-17-11(6)15-12(18)9-4-3-8(14)5-10(9)13/h3-5H,14H2,1-2H3,(H2,15,16,17,18). The number of H-pyrrole nitrogens is 1. The van der Waals surface area contributed by atoms with Gasteiger partial charge in [-0.05, 0) is 32.0 Å². The second-order valence-corrected chi connectivity index (χ2v) is 4.42. The van der Waals surface area contributed by atoms with E-state index in [0.717, 1.165) is 11.3 Å². The first-order chi connectivity index (χ1) is 8.49. The molecule has 18 heavy (non-hydrogen) atoms. The summed E-state index contributed by atoms with van der Waals surface area (Å²) in [5.74, 6) is 0.194. The lowest BCUT2D eigenvalue weighted by molar-refractivity contribution is 0.102. The maximum absolute atomic E-state index is 12.0. The fraction of sp³-hybridized carbons (Fsp3) is 0.167. The van der Waals surface area contributed by atoms with Crippen LogP contribution in [0.5, 0.6) is 0 Å². The highest BCUT2D eigenvalue weighted by Crippen LogP contribution is 2.21. The Hall–Kier alpha value is -2.01. The van der Waals surface area contributed by atoms with Crippen LogP contribution in [0.3, 0.4) is 0 Å². The maximum atomic E-state index is 12.0. The van der Waals surface area contributed by atoms with Gasteiger partial charge in [0.1, 0.15) is 0 Å². The predicted octanol–water partition coefficient (Wildman–Crippen LogP) is 2.51. The molecule has 0 spiro atoms. The Kier molecular flexibility index (Phi) is 3.25. The van der Waals surface area contributed by atoms with Gasteiger partial charge in [0.05, 0.1) is 10.6 Å². The van der Waals surface area contributed by atoms with Crippen LogP contribution < -0.4 is 11.1 Å². The highest BCUT2D eigenvalue weighted by molar-refractivity contribution is 6.34. The van der Waals surface area contributed by atoms with E-state index in [1.165, 1.54) is 0 Å². The lowest BCUT2D eigenvalue weighted by Gasteiger charge is -2.05. The summed E-state index contributed by atoms with van der Waals surface area (Å²) in [6, 6.07) is 4.75. The first-order valence-electron chi connectivity index (χ1n) is 5.37. The van der Waals surface area contributed by atoms with Crippen molar-refractivity contribution in [3.63, 3.8) is 0 Å². The second kappa shape index (κ2) is 4.70. The molecule has 0 saturated carbocycles. The quantitative estimate of drug-likeness (QED) is 0.729. The third-order valence-electron chi connectivity index (χ3n) is 2.72. The number of aromatic nitrogens is 2. The summed E-state index contributed by atoms with van der Waals surface area (Å²) in [5, 5.41) is 9.82. The third kappa shape index (κ3) is 2.31. The number of aryl methyl sites for hydroxylation is 1. The normalized spacial score (nSPS) is 10.4. The number of carbonyl (C=O) groups is 1. The van der Waals surface area contributed by atoms with E-state index >= 15 is 0 Å². The molecule has 1 amide bonds. The average Bonchev–Trinajstić information content (AvgIpc) is 2.61. The van der Waals surface area contributed by atoms with Gasteiger partial charge in [0.2, 0.25) is 0 Å². The molecule has 1 heterocycles. The van der Waals surface area contributed by atoms with Crippen molar-refractivity contribution in [3.05, 3.63) is 40.0 Å². The first kappa shape index (κ1) is 12.4. The Bertz CT molecular complexity index is 606. The number of hydrogen-bond donors (Lipinski definition) is 3. The summed E-state index contributed by atoms with van der Waals surface area (Å²) in [6.45, 7) is 3.76. The van der Waals surface area contributed by atoms with Crippen LogP contribution in [0.2, 0.25) is 5.02 Å². The van der Waals surface area contributed by atoms with Gasteiger partial charge >= 0.3 is 0 Å². The number of benzene rings is 1. The molecule has 0 aliphatic heterocycles.